The topological polar surface area (TPSA) is 97.0 Å². The zero-order valence-electron chi connectivity index (χ0n) is 26.7. The van der Waals surface area contributed by atoms with Crippen LogP contribution < -0.4 is 20.9 Å². The molecule has 0 atom stereocenters. The number of anilines is 1. The number of hydrogen-bond acceptors (Lipinski definition) is 7. The Hall–Kier alpha value is -3.17. The number of amides is 2. The summed E-state index contributed by atoms with van der Waals surface area (Å²) in [6.45, 7) is 20.0. The highest BCUT2D eigenvalue weighted by atomic mass is 16.2. The number of carbonyl (C=O) groups excluding carboxylic acids is 3. The molecule has 1 aromatic rings. The highest BCUT2D eigenvalue weighted by molar-refractivity contribution is 5.87. The maximum absolute atomic E-state index is 13.1. The van der Waals surface area contributed by atoms with Gasteiger partial charge in [0.2, 0.25) is 11.8 Å². The van der Waals surface area contributed by atoms with Crippen molar-refractivity contribution in [1.82, 2.24) is 25.8 Å². The number of benzene rings is 1. The van der Waals surface area contributed by atoms with Crippen LogP contribution >= 0.6 is 0 Å². The standard InChI is InChI=1S/C26H38N4O3.C6H16N2/c1-7-20(4)26(27-21(5)32)22-9-8-10-24(17-22)30(15-16-31)18-25(33)28(6)23-11-13-29(14-12-23)19(2)3;1-6(2)8-5-4-7-3/h8-10,16-17,23H,2,7,11-15,18H2,1,3-6H3,(H,27,32);6-8H,4-5H2,1-3H3. The van der Waals surface area contributed by atoms with E-state index in [0.717, 1.165) is 79.9 Å². The highest BCUT2D eigenvalue weighted by Gasteiger charge is 2.26. The molecule has 0 aliphatic carbocycles. The van der Waals surface area contributed by atoms with Crippen LogP contribution in [0.5, 0.6) is 0 Å². The van der Waals surface area contributed by atoms with Gasteiger partial charge < -0.3 is 35.4 Å². The van der Waals surface area contributed by atoms with E-state index >= 15 is 0 Å². The van der Waals surface area contributed by atoms with Crippen LogP contribution in [-0.2, 0) is 14.4 Å². The fraction of sp³-hybridized carbons (Fsp3) is 0.594. The van der Waals surface area contributed by atoms with E-state index in [2.05, 4.69) is 41.3 Å². The van der Waals surface area contributed by atoms with Crippen LogP contribution in [0.25, 0.3) is 5.70 Å². The van der Waals surface area contributed by atoms with Gasteiger partial charge in [-0.2, -0.15) is 0 Å². The molecule has 9 nitrogen and oxygen atoms in total. The third-order valence-corrected chi connectivity index (χ3v) is 7.25. The molecule has 3 N–H and O–H groups in total. The van der Waals surface area contributed by atoms with Crippen molar-refractivity contribution < 1.29 is 14.4 Å². The van der Waals surface area contributed by atoms with E-state index < -0.39 is 0 Å². The number of piperidine rings is 1. The molecule has 1 aromatic carbocycles. The lowest BCUT2D eigenvalue weighted by Gasteiger charge is -2.38. The zero-order chi connectivity index (χ0) is 30.9. The van der Waals surface area contributed by atoms with Crippen molar-refractivity contribution in [2.75, 3.05) is 58.3 Å². The van der Waals surface area contributed by atoms with Gasteiger partial charge in [0.05, 0.1) is 13.1 Å². The number of nitrogens with zero attached hydrogens (tertiary/aromatic N) is 3. The summed E-state index contributed by atoms with van der Waals surface area (Å²) in [6.07, 6.45) is 3.41. The number of rotatable bonds is 14. The summed E-state index contributed by atoms with van der Waals surface area (Å²) >= 11 is 0. The van der Waals surface area contributed by atoms with Gasteiger partial charge in [-0.3, -0.25) is 9.59 Å². The molecule has 1 fully saturated rings. The molecular weight excluding hydrogens is 516 g/mol. The summed E-state index contributed by atoms with van der Waals surface area (Å²) in [5.74, 6) is -0.152. The summed E-state index contributed by atoms with van der Waals surface area (Å²) < 4.78 is 0. The Morgan fingerprint density at radius 3 is 2.32 bits per heavy atom. The maximum Gasteiger partial charge on any atom is 0.242 e. The van der Waals surface area contributed by atoms with Crippen molar-refractivity contribution in [1.29, 1.82) is 0 Å². The fourth-order valence-electron chi connectivity index (χ4n) is 4.59. The molecule has 1 aliphatic rings. The Labute approximate surface area is 248 Å². The van der Waals surface area contributed by atoms with Crippen molar-refractivity contribution in [3.8, 4) is 0 Å². The van der Waals surface area contributed by atoms with E-state index in [1.54, 1.807) is 4.90 Å². The van der Waals surface area contributed by atoms with Gasteiger partial charge in [0.25, 0.3) is 0 Å². The minimum atomic E-state index is -0.137. The summed E-state index contributed by atoms with van der Waals surface area (Å²) in [4.78, 5) is 42.1. The minimum absolute atomic E-state index is 0.0154. The van der Waals surface area contributed by atoms with Crippen molar-refractivity contribution in [3.05, 3.63) is 47.7 Å². The second-order valence-corrected chi connectivity index (χ2v) is 11.0. The monoisotopic (exact) mass is 570 g/mol. The molecule has 230 valence electrons. The van der Waals surface area contributed by atoms with Crippen LogP contribution in [0.3, 0.4) is 0 Å². The molecule has 0 aromatic heterocycles. The maximum atomic E-state index is 13.1. The van der Waals surface area contributed by atoms with Crippen LogP contribution in [0.4, 0.5) is 5.69 Å². The molecule has 0 bridgehead atoms. The van der Waals surface area contributed by atoms with Gasteiger partial charge in [0.1, 0.15) is 6.29 Å². The van der Waals surface area contributed by atoms with Gasteiger partial charge >= 0.3 is 0 Å². The summed E-state index contributed by atoms with van der Waals surface area (Å²) in [7, 11) is 3.81. The van der Waals surface area contributed by atoms with E-state index in [1.807, 2.05) is 64.0 Å². The number of allylic oxidation sites excluding steroid dienone is 2. The largest absolute Gasteiger partial charge is 0.375 e. The molecule has 2 rings (SSSR count). The number of likely N-dealkylation sites (N-methyl/N-ethyl adjacent to an activating group) is 2. The lowest BCUT2D eigenvalue weighted by Crippen LogP contribution is -2.48. The fourth-order valence-corrected chi connectivity index (χ4v) is 4.59. The summed E-state index contributed by atoms with van der Waals surface area (Å²) in [5.41, 5.74) is 4.51. The molecular formula is C32H54N6O3. The van der Waals surface area contributed by atoms with E-state index in [4.69, 9.17) is 0 Å². The molecule has 2 amide bonds. The zero-order valence-corrected chi connectivity index (χ0v) is 26.7. The van der Waals surface area contributed by atoms with E-state index in [1.165, 1.54) is 6.92 Å². The molecule has 1 heterocycles. The van der Waals surface area contributed by atoms with Gasteiger partial charge in [-0.25, -0.2) is 0 Å². The molecule has 0 unspecified atom stereocenters. The number of hydrogen-bond donors (Lipinski definition) is 3. The molecule has 1 aliphatic heterocycles. The molecule has 0 radical (unpaired) electrons. The van der Waals surface area contributed by atoms with Crippen LogP contribution in [0, 0.1) is 0 Å². The van der Waals surface area contributed by atoms with Gasteiger partial charge in [-0.05, 0) is 63.4 Å². The van der Waals surface area contributed by atoms with Gasteiger partial charge in [0.15, 0.2) is 0 Å². The molecule has 41 heavy (non-hydrogen) atoms. The quantitative estimate of drug-likeness (QED) is 0.232. The molecule has 1 saturated heterocycles. The van der Waals surface area contributed by atoms with Gasteiger partial charge in [-0.15, -0.1) is 0 Å². The molecule has 0 spiro atoms. The molecule has 9 heteroatoms. The van der Waals surface area contributed by atoms with Crippen molar-refractivity contribution in [2.24, 2.45) is 0 Å². The Morgan fingerprint density at radius 2 is 1.80 bits per heavy atom. The Balaban J connectivity index is 0.000000915. The molecule has 0 saturated carbocycles. The predicted molar refractivity (Wildman–Crippen MR) is 171 cm³/mol. The number of aldehydes is 1. The Bertz CT molecular complexity index is 1010. The third-order valence-electron chi connectivity index (χ3n) is 7.25. The van der Waals surface area contributed by atoms with Gasteiger partial charge in [-0.1, -0.05) is 39.5 Å². The van der Waals surface area contributed by atoms with Crippen molar-refractivity contribution in [3.63, 3.8) is 0 Å². The first-order valence-corrected chi connectivity index (χ1v) is 14.7. The van der Waals surface area contributed by atoms with Crippen molar-refractivity contribution in [2.45, 2.75) is 72.9 Å². The van der Waals surface area contributed by atoms with Crippen molar-refractivity contribution >= 4 is 29.5 Å². The third kappa shape index (κ3) is 12.9. The normalized spacial score (nSPS) is 14.0. The first-order valence-electron chi connectivity index (χ1n) is 14.7. The summed E-state index contributed by atoms with van der Waals surface area (Å²) in [5, 5.41) is 9.27. The number of carbonyl (C=O) groups is 3. The number of likely N-dealkylation sites (tertiary alicyclic amines) is 1. The first-order chi connectivity index (χ1) is 19.4. The van der Waals surface area contributed by atoms with E-state index in [9.17, 15) is 14.4 Å². The first kappa shape index (κ1) is 35.9. The Kier molecular flexibility index (Phi) is 16.7. The van der Waals surface area contributed by atoms with Crippen LogP contribution in [-0.4, -0.2) is 93.3 Å². The Morgan fingerprint density at radius 1 is 1.15 bits per heavy atom. The second kappa shape index (κ2) is 19.0. The predicted octanol–water partition coefficient (Wildman–Crippen LogP) is 3.63. The van der Waals surface area contributed by atoms with Crippen LogP contribution in [0.1, 0.15) is 66.4 Å². The van der Waals surface area contributed by atoms with Crippen LogP contribution in [0.2, 0.25) is 0 Å². The highest BCUT2D eigenvalue weighted by Crippen LogP contribution is 2.24. The van der Waals surface area contributed by atoms with E-state index in [-0.39, 0.29) is 30.9 Å². The lowest BCUT2D eigenvalue weighted by molar-refractivity contribution is -0.131. The average Bonchev–Trinajstić information content (AvgIpc) is 2.95. The number of nitrogens with one attached hydrogen (secondary N) is 3. The summed E-state index contributed by atoms with van der Waals surface area (Å²) in [6, 6.07) is 8.41. The van der Waals surface area contributed by atoms with E-state index in [0.29, 0.717) is 6.04 Å². The van der Waals surface area contributed by atoms with Crippen LogP contribution in [0.15, 0.2) is 42.1 Å². The SMILES string of the molecule is C=C(C)N1CCC(N(C)C(=O)CN(CC=O)c2cccc(C(NC(C)=O)=C(C)CC)c2)CC1.CNCCNC(C)C. The van der Waals surface area contributed by atoms with Gasteiger partial charge in [0, 0.05) is 69.3 Å². The average molecular weight is 571 g/mol. The second-order valence-electron chi connectivity index (χ2n) is 11.0. The minimum Gasteiger partial charge on any atom is -0.375 e. The lowest BCUT2D eigenvalue weighted by atomic mass is 10.0. The smallest absolute Gasteiger partial charge is 0.242 e.